The third-order valence-corrected chi connectivity index (χ3v) is 3.34. The van der Waals surface area contributed by atoms with E-state index in [1.54, 1.807) is 0 Å². The fraction of sp³-hybridized carbons (Fsp3) is 0.667. The Hall–Kier alpha value is -0.570. The quantitative estimate of drug-likeness (QED) is 0.690. The van der Waals surface area contributed by atoms with E-state index >= 15 is 0 Å². The minimum atomic E-state index is 0.454. The van der Waals surface area contributed by atoms with Crippen molar-refractivity contribution >= 4 is 15.9 Å². The molecule has 0 fully saturated rings. The largest absolute Gasteiger partial charge is 0.377 e. The molecule has 0 radical (unpaired) electrons. The third kappa shape index (κ3) is 7.62. The highest BCUT2D eigenvalue weighted by molar-refractivity contribution is 9.10. The molecule has 124 valence electrons. The standard InChI is InChI=1S/C15H22BrNO5/c16-13-9-14-11-21-7-5-19-3-1-18-2-4-20-6-8-22-12-15(10-13)17-14/h9-10H,1-8,11-12H2. The van der Waals surface area contributed by atoms with Crippen molar-refractivity contribution in [2.24, 2.45) is 0 Å². The molecule has 1 aromatic rings. The molecular weight excluding hydrogens is 354 g/mol. The number of fused-ring (bicyclic) bond motifs is 2. The maximum atomic E-state index is 5.56. The summed E-state index contributed by atoms with van der Waals surface area (Å²) in [6, 6.07) is 3.89. The van der Waals surface area contributed by atoms with Crippen LogP contribution in [0.4, 0.5) is 0 Å². The molecule has 2 bridgehead atoms. The number of hydrogen-bond acceptors (Lipinski definition) is 6. The zero-order valence-corrected chi connectivity index (χ0v) is 14.2. The topological polar surface area (TPSA) is 59.0 Å². The minimum Gasteiger partial charge on any atom is -0.377 e. The summed E-state index contributed by atoms with van der Waals surface area (Å²) in [5.41, 5.74) is 1.74. The van der Waals surface area contributed by atoms with Crippen molar-refractivity contribution in [1.29, 1.82) is 0 Å². The van der Waals surface area contributed by atoms with Crippen LogP contribution in [0, 0.1) is 0 Å². The van der Waals surface area contributed by atoms with Crippen LogP contribution in [0.25, 0.3) is 0 Å². The van der Waals surface area contributed by atoms with Gasteiger partial charge in [0.15, 0.2) is 0 Å². The first kappa shape index (κ1) is 17.8. The first-order valence-corrected chi connectivity index (χ1v) is 8.18. The van der Waals surface area contributed by atoms with Crippen LogP contribution in [0.15, 0.2) is 16.6 Å². The molecule has 2 rings (SSSR count). The van der Waals surface area contributed by atoms with Crippen molar-refractivity contribution in [3.05, 3.63) is 28.0 Å². The molecule has 0 aromatic carbocycles. The Morgan fingerprint density at radius 1 is 0.636 bits per heavy atom. The van der Waals surface area contributed by atoms with E-state index in [1.807, 2.05) is 12.1 Å². The van der Waals surface area contributed by atoms with Crippen LogP contribution < -0.4 is 0 Å². The Balaban J connectivity index is 1.85. The van der Waals surface area contributed by atoms with Gasteiger partial charge in [0.05, 0.1) is 77.5 Å². The molecule has 1 aliphatic rings. The lowest BCUT2D eigenvalue weighted by molar-refractivity contribution is -0.0152. The van der Waals surface area contributed by atoms with Gasteiger partial charge in [-0.2, -0.15) is 0 Å². The van der Waals surface area contributed by atoms with Crippen molar-refractivity contribution in [2.45, 2.75) is 13.2 Å². The lowest BCUT2D eigenvalue weighted by atomic mass is 10.3. The van der Waals surface area contributed by atoms with E-state index in [0.717, 1.165) is 15.9 Å². The first-order valence-electron chi connectivity index (χ1n) is 7.38. The number of aromatic nitrogens is 1. The van der Waals surface area contributed by atoms with Crippen molar-refractivity contribution < 1.29 is 23.7 Å². The van der Waals surface area contributed by atoms with Gasteiger partial charge in [0.2, 0.25) is 0 Å². The Morgan fingerprint density at radius 2 is 1.00 bits per heavy atom. The molecule has 1 aromatic heterocycles. The number of nitrogens with zero attached hydrogens (tertiary/aromatic N) is 1. The zero-order chi connectivity index (χ0) is 15.5. The van der Waals surface area contributed by atoms with Gasteiger partial charge in [0, 0.05) is 4.47 Å². The predicted molar refractivity (Wildman–Crippen MR) is 83.7 cm³/mol. The maximum Gasteiger partial charge on any atom is 0.0889 e. The summed E-state index contributed by atoms with van der Waals surface area (Å²) in [6.45, 7) is 5.31. The molecular formula is C15H22BrNO5. The van der Waals surface area contributed by atoms with Crippen molar-refractivity contribution in [3.8, 4) is 0 Å². The van der Waals surface area contributed by atoms with Crippen LogP contribution in [0.3, 0.4) is 0 Å². The number of ether oxygens (including phenoxy) is 5. The van der Waals surface area contributed by atoms with Gasteiger partial charge in [-0.25, -0.2) is 0 Å². The number of pyridine rings is 1. The van der Waals surface area contributed by atoms with Crippen LogP contribution in [-0.2, 0) is 36.9 Å². The van der Waals surface area contributed by atoms with Gasteiger partial charge in [0.1, 0.15) is 0 Å². The summed E-state index contributed by atoms with van der Waals surface area (Å²) in [4.78, 5) is 4.51. The fourth-order valence-electron chi connectivity index (χ4n) is 1.89. The van der Waals surface area contributed by atoms with Crippen LogP contribution >= 0.6 is 15.9 Å². The molecule has 1 aliphatic heterocycles. The monoisotopic (exact) mass is 375 g/mol. The highest BCUT2D eigenvalue weighted by Crippen LogP contribution is 2.14. The van der Waals surface area contributed by atoms with Crippen LogP contribution in [0.1, 0.15) is 11.4 Å². The second kappa shape index (κ2) is 11.0. The Morgan fingerprint density at radius 3 is 1.41 bits per heavy atom. The van der Waals surface area contributed by atoms with E-state index < -0.39 is 0 Å². The second-order valence-corrected chi connectivity index (χ2v) is 5.63. The summed E-state index contributed by atoms with van der Waals surface area (Å²) in [7, 11) is 0. The molecule has 0 unspecified atom stereocenters. The average molecular weight is 376 g/mol. The molecule has 0 atom stereocenters. The van der Waals surface area contributed by atoms with E-state index in [-0.39, 0.29) is 0 Å². The number of hydrogen-bond donors (Lipinski definition) is 0. The van der Waals surface area contributed by atoms with Gasteiger partial charge in [0.25, 0.3) is 0 Å². The van der Waals surface area contributed by atoms with Gasteiger partial charge in [-0.05, 0) is 12.1 Å². The summed E-state index contributed by atoms with van der Waals surface area (Å²) < 4.78 is 28.3. The second-order valence-electron chi connectivity index (χ2n) is 4.71. The SMILES string of the molecule is Brc1cc2nc(c1)COCCOCCOCCOCCOC2. The van der Waals surface area contributed by atoms with E-state index in [2.05, 4.69) is 20.9 Å². The van der Waals surface area contributed by atoms with Crippen molar-refractivity contribution in [2.75, 3.05) is 52.9 Å². The Kier molecular flexibility index (Phi) is 8.92. The Bertz CT molecular complexity index is 398. The lowest BCUT2D eigenvalue weighted by Gasteiger charge is -2.10. The van der Waals surface area contributed by atoms with Crippen LogP contribution in [0.2, 0.25) is 0 Å². The van der Waals surface area contributed by atoms with Gasteiger partial charge in [-0.1, -0.05) is 15.9 Å². The summed E-state index contributed by atoms with van der Waals surface area (Å²) in [6.07, 6.45) is 0. The molecule has 0 spiro atoms. The van der Waals surface area contributed by atoms with Crippen LogP contribution in [0.5, 0.6) is 0 Å². The average Bonchev–Trinajstić information content (AvgIpc) is 2.50. The number of halogens is 1. The summed E-state index contributed by atoms with van der Waals surface area (Å²) in [5, 5.41) is 0. The maximum absolute atomic E-state index is 5.56. The minimum absolute atomic E-state index is 0.454. The summed E-state index contributed by atoms with van der Waals surface area (Å²) in [5.74, 6) is 0. The molecule has 6 nitrogen and oxygen atoms in total. The molecule has 22 heavy (non-hydrogen) atoms. The van der Waals surface area contributed by atoms with E-state index in [4.69, 9.17) is 23.7 Å². The fourth-order valence-corrected chi connectivity index (χ4v) is 2.42. The zero-order valence-electron chi connectivity index (χ0n) is 12.6. The van der Waals surface area contributed by atoms with Crippen molar-refractivity contribution in [3.63, 3.8) is 0 Å². The Labute approximate surface area is 139 Å². The normalized spacial score (nSPS) is 20.0. The molecule has 0 saturated heterocycles. The highest BCUT2D eigenvalue weighted by atomic mass is 79.9. The molecule has 7 heteroatoms. The number of rotatable bonds is 0. The predicted octanol–water partition coefficient (Wildman–Crippen LogP) is 1.94. The molecule has 0 N–H and O–H groups in total. The van der Waals surface area contributed by atoms with Crippen LogP contribution in [-0.4, -0.2) is 57.8 Å². The van der Waals surface area contributed by atoms with E-state index in [1.165, 1.54) is 0 Å². The van der Waals surface area contributed by atoms with Gasteiger partial charge < -0.3 is 23.7 Å². The molecule has 0 amide bonds. The third-order valence-electron chi connectivity index (χ3n) is 2.88. The molecule has 0 aliphatic carbocycles. The smallest absolute Gasteiger partial charge is 0.0889 e. The van der Waals surface area contributed by atoms with E-state index in [0.29, 0.717) is 66.1 Å². The lowest BCUT2D eigenvalue weighted by Crippen LogP contribution is -2.14. The molecule has 2 heterocycles. The van der Waals surface area contributed by atoms with Gasteiger partial charge in [-0.3, -0.25) is 4.98 Å². The van der Waals surface area contributed by atoms with Gasteiger partial charge in [-0.15, -0.1) is 0 Å². The first-order chi connectivity index (χ1) is 10.8. The van der Waals surface area contributed by atoms with Crippen molar-refractivity contribution in [1.82, 2.24) is 4.98 Å². The highest BCUT2D eigenvalue weighted by Gasteiger charge is 2.03. The molecule has 0 saturated carbocycles. The summed E-state index contributed by atoms with van der Waals surface area (Å²) >= 11 is 3.48. The van der Waals surface area contributed by atoms with E-state index in [9.17, 15) is 0 Å². The van der Waals surface area contributed by atoms with Gasteiger partial charge >= 0.3 is 0 Å².